The molecule has 4 nitrogen and oxygen atoms in total. The molecule has 0 aromatic heterocycles. The van der Waals surface area contributed by atoms with E-state index < -0.39 is 0 Å². The molecule has 0 aliphatic carbocycles. The summed E-state index contributed by atoms with van der Waals surface area (Å²) in [5.41, 5.74) is 5.76. The van der Waals surface area contributed by atoms with Gasteiger partial charge in [0.1, 0.15) is 0 Å². The van der Waals surface area contributed by atoms with Crippen LogP contribution in [0.3, 0.4) is 0 Å². The first-order chi connectivity index (χ1) is 6.92. The molecule has 1 unspecified atom stereocenters. The Bertz CT molecular complexity index is 219. The van der Waals surface area contributed by atoms with E-state index in [9.17, 15) is 4.79 Å². The number of nitrogens with two attached hydrogens (primary N) is 1. The third kappa shape index (κ3) is 4.18. The van der Waals surface area contributed by atoms with Crippen LogP contribution in [0.15, 0.2) is 0 Å². The molecule has 0 aromatic rings. The molecule has 88 valence electrons. The van der Waals surface area contributed by atoms with E-state index in [1.165, 1.54) is 0 Å². The zero-order chi connectivity index (χ0) is 11.5. The van der Waals surface area contributed by atoms with Gasteiger partial charge in [-0.15, -0.1) is 0 Å². The van der Waals surface area contributed by atoms with Crippen LogP contribution in [0, 0.1) is 11.3 Å². The van der Waals surface area contributed by atoms with E-state index in [1.807, 2.05) is 0 Å². The Morgan fingerprint density at radius 2 is 2.13 bits per heavy atom. The summed E-state index contributed by atoms with van der Waals surface area (Å²) in [4.78, 5) is 11.8. The molecular formula is C11H22N2O2. The van der Waals surface area contributed by atoms with Crippen molar-refractivity contribution in [3.05, 3.63) is 0 Å². The van der Waals surface area contributed by atoms with Crippen molar-refractivity contribution in [2.45, 2.75) is 33.2 Å². The van der Waals surface area contributed by atoms with Crippen molar-refractivity contribution in [2.75, 3.05) is 19.8 Å². The average molecular weight is 214 g/mol. The predicted octanol–water partition coefficient (Wildman–Crippen LogP) is 0.513. The Kier molecular flexibility index (Phi) is 4.11. The van der Waals surface area contributed by atoms with Gasteiger partial charge in [-0.3, -0.25) is 4.79 Å². The van der Waals surface area contributed by atoms with E-state index in [1.54, 1.807) is 0 Å². The number of carbonyl (C=O) groups is 1. The summed E-state index contributed by atoms with van der Waals surface area (Å²) in [5, 5.41) is 2.95. The number of carbonyl (C=O) groups excluding carboxylic acids is 1. The topological polar surface area (TPSA) is 64.4 Å². The van der Waals surface area contributed by atoms with E-state index in [4.69, 9.17) is 10.5 Å². The van der Waals surface area contributed by atoms with Gasteiger partial charge in [0, 0.05) is 6.54 Å². The second kappa shape index (κ2) is 4.94. The van der Waals surface area contributed by atoms with E-state index in [-0.39, 0.29) is 23.3 Å². The Balaban J connectivity index is 2.38. The minimum atomic E-state index is -0.0781. The Labute approximate surface area is 91.5 Å². The second-order valence-electron chi connectivity index (χ2n) is 5.44. The van der Waals surface area contributed by atoms with Gasteiger partial charge in [0.05, 0.1) is 25.2 Å². The number of ether oxygens (including phenoxy) is 1. The van der Waals surface area contributed by atoms with Crippen LogP contribution in [-0.2, 0) is 9.53 Å². The lowest BCUT2D eigenvalue weighted by Gasteiger charge is -2.30. The lowest BCUT2D eigenvalue weighted by Crippen LogP contribution is -2.51. The SMILES string of the molecule is CC(C)(C)CC(CN)C(=O)NC1COC1. The Hall–Kier alpha value is -0.610. The highest BCUT2D eigenvalue weighted by Gasteiger charge is 2.27. The zero-order valence-electron chi connectivity index (χ0n) is 9.88. The minimum absolute atomic E-state index is 0.0701. The molecule has 1 atom stereocenters. The van der Waals surface area contributed by atoms with Gasteiger partial charge >= 0.3 is 0 Å². The first-order valence-electron chi connectivity index (χ1n) is 5.50. The highest BCUT2D eigenvalue weighted by Crippen LogP contribution is 2.24. The molecule has 1 heterocycles. The summed E-state index contributed by atoms with van der Waals surface area (Å²) in [7, 11) is 0. The van der Waals surface area contributed by atoms with Crippen LogP contribution in [0.2, 0.25) is 0 Å². The maximum Gasteiger partial charge on any atom is 0.224 e. The molecule has 1 rings (SSSR count). The number of rotatable bonds is 4. The van der Waals surface area contributed by atoms with Crippen molar-refractivity contribution in [2.24, 2.45) is 17.1 Å². The molecule has 1 amide bonds. The van der Waals surface area contributed by atoms with Gasteiger partial charge in [-0.25, -0.2) is 0 Å². The zero-order valence-corrected chi connectivity index (χ0v) is 9.88. The monoisotopic (exact) mass is 214 g/mol. The molecule has 0 radical (unpaired) electrons. The summed E-state index contributed by atoms with van der Waals surface area (Å²) in [5.74, 6) is -0.00803. The molecular weight excluding hydrogens is 192 g/mol. The van der Waals surface area contributed by atoms with Gasteiger partial charge in [-0.05, 0) is 11.8 Å². The lowest BCUT2D eigenvalue weighted by atomic mass is 9.84. The predicted molar refractivity (Wildman–Crippen MR) is 59.4 cm³/mol. The molecule has 1 saturated heterocycles. The standard InChI is InChI=1S/C11H22N2O2/c1-11(2,3)4-8(5-12)10(14)13-9-6-15-7-9/h8-9H,4-7,12H2,1-3H3,(H,13,14). The van der Waals surface area contributed by atoms with Gasteiger partial charge in [0.2, 0.25) is 5.91 Å². The lowest BCUT2D eigenvalue weighted by molar-refractivity contribution is -0.129. The van der Waals surface area contributed by atoms with E-state index in [2.05, 4.69) is 26.1 Å². The van der Waals surface area contributed by atoms with Gasteiger partial charge < -0.3 is 15.8 Å². The number of nitrogens with one attached hydrogen (secondary N) is 1. The van der Waals surface area contributed by atoms with Crippen LogP contribution in [0.5, 0.6) is 0 Å². The van der Waals surface area contributed by atoms with Gasteiger partial charge in [0.25, 0.3) is 0 Å². The summed E-state index contributed by atoms with van der Waals surface area (Å²) in [6.45, 7) is 8.05. The quantitative estimate of drug-likeness (QED) is 0.717. The van der Waals surface area contributed by atoms with Gasteiger partial charge in [-0.2, -0.15) is 0 Å². The summed E-state index contributed by atoms with van der Waals surface area (Å²) in [6.07, 6.45) is 0.822. The van der Waals surface area contributed by atoms with Crippen molar-refractivity contribution in [1.82, 2.24) is 5.32 Å². The fraction of sp³-hybridized carbons (Fsp3) is 0.909. The first-order valence-corrected chi connectivity index (χ1v) is 5.50. The fourth-order valence-corrected chi connectivity index (χ4v) is 1.66. The van der Waals surface area contributed by atoms with Crippen LogP contribution < -0.4 is 11.1 Å². The molecule has 0 aromatic carbocycles. The minimum Gasteiger partial charge on any atom is -0.377 e. The van der Waals surface area contributed by atoms with Crippen molar-refractivity contribution in [3.63, 3.8) is 0 Å². The van der Waals surface area contributed by atoms with E-state index in [0.717, 1.165) is 6.42 Å². The molecule has 1 aliphatic rings. The largest absolute Gasteiger partial charge is 0.377 e. The third-order valence-electron chi connectivity index (χ3n) is 2.50. The molecule has 15 heavy (non-hydrogen) atoms. The molecule has 0 saturated carbocycles. The second-order valence-corrected chi connectivity index (χ2v) is 5.44. The van der Waals surface area contributed by atoms with Crippen LogP contribution in [0.25, 0.3) is 0 Å². The molecule has 0 spiro atoms. The Morgan fingerprint density at radius 1 is 1.53 bits per heavy atom. The van der Waals surface area contributed by atoms with Crippen molar-refractivity contribution >= 4 is 5.91 Å². The first kappa shape index (κ1) is 12.5. The van der Waals surface area contributed by atoms with Crippen LogP contribution in [0.1, 0.15) is 27.2 Å². The van der Waals surface area contributed by atoms with Crippen molar-refractivity contribution in [3.8, 4) is 0 Å². The van der Waals surface area contributed by atoms with Crippen LogP contribution >= 0.6 is 0 Å². The van der Waals surface area contributed by atoms with Crippen molar-refractivity contribution < 1.29 is 9.53 Å². The fourth-order valence-electron chi connectivity index (χ4n) is 1.66. The summed E-state index contributed by atoms with van der Waals surface area (Å²) >= 11 is 0. The maximum absolute atomic E-state index is 11.8. The van der Waals surface area contributed by atoms with E-state index >= 15 is 0 Å². The summed E-state index contributed by atoms with van der Waals surface area (Å²) < 4.78 is 5.00. The molecule has 4 heteroatoms. The average Bonchev–Trinajstić information content (AvgIpc) is 2.05. The maximum atomic E-state index is 11.8. The number of amides is 1. The molecule has 1 fully saturated rings. The van der Waals surface area contributed by atoms with Gasteiger partial charge in [-0.1, -0.05) is 20.8 Å². The van der Waals surface area contributed by atoms with Crippen LogP contribution in [-0.4, -0.2) is 31.7 Å². The third-order valence-corrected chi connectivity index (χ3v) is 2.50. The van der Waals surface area contributed by atoms with Gasteiger partial charge in [0.15, 0.2) is 0 Å². The van der Waals surface area contributed by atoms with E-state index in [0.29, 0.717) is 19.8 Å². The number of hydrogen-bond acceptors (Lipinski definition) is 3. The highest BCUT2D eigenvalue weighted by molar-refractivity contribution is 5.79. The Morgan fingerprint density at radius 3 is 2.47 bits per heavy atom. The molecule has 1 aliphatic heterocycles. The van der Waals surface area contributed by atoms with Crippen molar-refractivity contribution in [1.29, 1.82) is 0 Å². The van der Waals surface area contributed by atoms with Crippen LogP contribution in [0.4, 0.5) is 0 Å². The smallest absolute Gasteiger partial charge is 0.224 e. The summed E-state index contributed by atoms with van der Waals surface area (Å²) in [6, 6.07) is 0.200. The molecule has 3 N–H and O–H groups in total. The molecule has 0 bridgehead atoms. The number of hydrogen-bond donors (Lipinski definition) is 2. The highest BCUT2D eigenvalue weighted by atomic mass is 16.5. The normalized spacial score (nSPS) is 19.5.